The minimum Gasteiger partial charge on any atom is -0.294 e. The van der Waals surface area contributed by atoms with Crippen molar-refractivity contribution in [1.29, 1.82) is 0 Å². The quantitative estimate of drug-likeness (QED) is 0.684. The monoisotopic (exact) mass is 344 g/mol. The van der Waals surface area contributed by atoms with Gasteiger partial charge in [0.25, 0.3) is 0 Å². The first-order valence-corrected chi connectivity index (χ1v) is 8.91. The lowest BCUT2D eigenvalue weighted by Gasteiger charge is -2.55. The van der Waals surface area contributed by atoms with Crippen LogP contribution in [0.25, 0.3) is 6.08 Å². The molecule has 1 aromatic carbocycles. The first-order valence-electron chi connectivity index (χ1n) is 8.12. The van der Waals surface area contributed by atoms with Crippen molar-refractivity contribution in [3.05, 3.63) is 40.4 Å². The molecule has 1 nitrogen and oxygen atoms in total. The fraction of sp³-hybridized carbons (Fsp3) is 0.526. The number of allylic oxidation sites excluding steroid dienone is 1. The van der Waals surface area contributed by atoms with Crippen LogP contribution in [0.5, 0.6) is 0 Å². The SMILES string of the molecule is O=C(/C=C/c1ccccc1Br)C12CC3CC(CC(C3)C1)C2. The predicted octanol–water partition coefficient (Wildman–Crippen LogP) is 5.25. The van der Waals surface area contributed by atoms with Gasteiger partial charge in [0.05, 0.1) is 0 Å². The lowest BCUT2D eigenvalue weighted by molar-refractivity contribution is -0.138. The molecule has 0 atom stereocenters. The molecule has 4 bridgehead atoms. The van der Waals surface area contributed by atoms with Gasteiger partial charge < -0.3 is 0 Å². The van der Waals surface area contributed by atoms with E-state index < -0.39 is 0 Å². The number of hydrogen-bond acceptors (Lipinski definition) is 1. The number of ketones is 1. The molecule has 0 saturated heterocycles. The van der Waals surface area contributed by atoms with Crippen LogP contribution in [0.2, 0.25) is 0 Å². The van der Waals surface area contributed by atoms with E-state index >= 15 is 0 Å². The second-order valence-corrected chi connectivity index (χ2v) is 8.27. The van der Waals surface area contributed by atoms with Gasteiger partial charge in [-0.25, -0.2) is 0 Å². The van der Waals surface area contributed by atoms with Gasteiger partial charge in [0.2, 0.25) is 0 Å². The second-order valence-electron chi connectivity index (χ2n) is 7.42. The van der Waals surface area contributed by atoms with Gasteiger partial charge in [0.15, 0.2) is 5.78 Å². The van der Waals surface area contributed by atoms with E-state index in [4.69, 9.17) is 0 Å². The average Bonchev–Trinajstić information content (AvgIpc) is 2.44. The number of hydrogen-bond donors (Lipinski definition) is 0. The van der Waals surface area contributed by atoms with Gasteiger partial charge in [0.1, 0.15) is 0 Å². The first kappa shape index (κ1) is 13.8. The van der Waals surface area contributed by atoms with Crippen LogP contribution in [0, 0.1) is 23.2 Å². The molecule has 4 aliphatic carbocycles. The van der Waals surface area contributed by atoms with Crippen molar-refractivity contribution in [1.82, 2.24) is 0 Å². The van der Waals surface area contributed by atoms with Crippen LogP contribution < -0.4 is 0 Å². The maximum atomic E-state index is 12.9. The van der Waals surface area contributed by atoms with E-state index in [0.29, 0.717) is 5.78 Å². The average molecular weight is 345 g/mol. The number of carbonyl (C=O) groups excluding carboxylic acids is 1. The van der Waals surface area contributed by atoms with Crippen LogP contribution in [-0.2, 0) is 4.79 Å². The highest BCUT2D eigenvalue weighted by molar-refractivity contribution is 9.10. The molecule has 1 aromatic rings. The van der Waals surface area contributed by atoms with Gasteiger partial charge >= 0.3 is 0 Å². The minimum atomic E-state index is -0.00743. The van der Waals surface area contributed by atoms with Crippen molar-refractivity contribution in [2.45, 2.75) is 38.5 Å². The summed E-state index contributed by atoms with van der Waals surface area (Å²) in [6.45, 7) is 0. The van der Waals surface area contributed by atoms with Gasteiger partial charge in [-0.3, -0.25) is 4.79 Å². The van der Waals surface area contributed by atoms with Crippen LogP contribution >= 0.6 is 15.9 Å². The topological polar surface area (TPSA) is 17.1 Å². The van der Waals surface area contributed by atoms with E-state index in [2.05, 4.69) is 15.9 Å². The number of benzene rings is 1. The molecule has 0 aromatic heterocycles. The summed E-state index contributed by atoms with van der Waals surface area (Å²) in [5.74, 6) is 2.88. The highest BCUT2D eigenvalue weighted by atomic mass is 79.9. The first-order chi connectivity index (χ1) is 10.1. The van der Waals surface area contributed by atoms with E-state index in [1.54, 1.807) is 0 Å². The highest BCUT2D eigenvalue weighted by Gasteiger charge is 2.53. The van der Waals surface area contributed by atoms with Gasteiger partial charge in [-0.2, -0.15) is 0 Å². The molecular formula is C19H21BrO. The van der Waals surface area contributed by atoms with Crippen LogP contribution in [0.15, 0.2) is 34.8 Å². The Balaban J connectivity index is 1.56. The summed E-state index contributed by atoms with van der Waals surface area (Å²) >= 11 is 3.55. The molecule has 21 heavy (non-hydrogen) atoms. The number of halogens is 1. The summed E-state index contributed by atoms with van der Waals surface area (Å²) in [7, 11) is 0. The van der Waals surface area contributed by atoms with Crippen molar-refractivity contribution in [2.75, 3.05) is 0 Å². The van der Waals surface area contributed by atoms with E-state index in [1.807, 2.05) is 36.4 Å². The number of rotatable bonds is 3. The molecule has 110 valence electrons. The van der Waals surface area contributed by atoms with E-state index in [1.165, 1.54) is 19.3 Å². The largest absolute Gasteiger partial charge is 0.294 e. The van der Waals surface area contributed by atoms with Crippen LogP contribution in [0.3, 0.4) is 0 Å². The zero-order valence-corrected chi connectivity index (χ0v) is 13.8. The maximum Gasteiger partial charge on any atom is 0.161 e. The normalized spacial score (nSPS) is 37.3. The van der Waals surface area contributed by atoms with Gasteiger partial charge in [-0.05, 0) is 74.0 Å². The third-order valence-electron chi connectivity index (χ3n) is 5.88. The Hall–Kier alpha value is -0.890. The van der Waals surface area contributed by atoms with E-state index in [9.17, 15) is 4.79 Å². The molecule has 4 aliphatic rings. The fourth-order valence-corrected chi connectivity index (χ4v) is 5.78. The summed E-state index contributed by atoms with van der Waals surface area (Å²) in [6.07, 6.45) is 11.5. The Morgan fingerprint density at radius 3 is 2.19 bits per heavy atom. The second kappa shape index (κ2) is 5.08. The van der Waals surface area contributed by atoms with Crippen LogP contribution in [-0.4, -0.2) is 5.78 Å². The standard InChI is InChI=1S/C19H21BrO/c20-17-4-2-1-3-16(17)5-6-18(21)19-10-13-7-14(11-19)9-15(8-13)12-19/h1-6,13-15H,7-12H2/b6-5+. The molecule has 0 N–H and O–H groups in total. The van der Waals surface area contributed by atoms with Gasteiger partial charge in [-0.15, -0.1) is 0 Å². The predicted molar refractivity (Wildman–Crippen MR) is 88.8 cm³/mol. The molecule has 5 rings (SSSR count). The van der Waals surface area contributed by atoms with Crippen molar-refractivity contribution < 1.29 is 4.79 Å². The van der Waals surface area contributed by atoms with Gasteiger partial charge in [-0.1, -0.05) is 40.2 Å². The third kappa shape index (κ3) is 2.42. The summed E-state index contributed by atoms with van der Waals surface area (Å²) in [6, 6.07) is 8.09. The van der Waals surface area contributed by atoms with E-state index in [0.717, 1.165) is 47.1 Å². The van der Waals surface area contributed by atoms with Crippen molar-refractivity contribution >= 4 is 27.8 Å². The molecule has 0 spiro atoms. The minimum absolute atomic E-state index is 0.00743. The van der Waals surface area contributed by atoms with Crippen molar-refractivity contribution in [3.63, 3.8) is 0 Å². The summed E-state index contributed by atoms with van der Waals surface area (Å²) in [5.41, 5.74) is 1.09. The number of carbonyl (C=O) groups is 1. The van der Waals surface area contributed by atoms with E-state index in [-0.39, 0.29) is 5.41 Å². The Bertz CT molecular complexity index is 566. The molecular weight excluding hydrogens is 324 g/mol. The Labute approximate surface area is 134 Å². The van der Waals surface area contributed by atoms with Crippen molar-refractivity contribution in [2.24, 2.45) is 23.2 Å². The summed E-state index contributed by atoms with van der Waals surface area (Å²) < 4.78 is 1.06. The van der Waals surface area contributed by atoms with Crippen LogP contribution in [0.4, 0.5) is 0 Å². The highest BCUT2D eigenvalue weighted by Crippen LogP contribution is 2.60. The summed E-state index contributed by atoms with van der Waals surface area (Å²) in [5, 5.41) is 0. The zero-order chi connectivity index (χ0) is 14.4. The summed E-state index contributed by atoms with van der Waals surface area (Å²) in [4.78, 5) is 12.9. The molecule has 0 aliphatic heterocycles. The molecule has 4 fully saturated rings. The molecule has 0 heterocycles. The Morgan fingerprint density at radius 2 is 1.62 bits per heavy atom. The molecule has 4 saturated carbocycles. The Morgan fingerprint density at radius 1 is 1.05 bits per heavy atom. The smallest absolute Gasteiger partial charge is 0.161 e. The zero-order valence-electron chi connectivity index (χ0n) is 12.2. The lowest BCUT2D eigenvalue weighted by atomic mass is 9.48. The molecule has 0 amide bonds. The molecule has 0 unspecified atom stereocenters. The lowest BCUT2D eigenvalue weighted by Crippen LogP contribution is -2.49. The van der Waals surface area contributed by atoms with Crippen LogP contribution in [0.1, 0.15) is 44.1 Å². The molecule has 0 radical (unpaired) electrons. The maximum absolute atomic E-state index is 12.9. The third-order valence-corrected chi connectivity index (χ3v) is 6.60. The van der Waals surface area contributed by atoms with Gasteiger partial charge in [0, 0.05) is 9.89 Å². The van der Waals surface area contributed by atoms with Crippen molar-refractivity contribution in [3.8, 4) is 0 Å². The molecule has 2 heteroatoms. The fourth-order valence-electron chi connectivity index (χ4n) is 5.36. The Kier molecular flexibility index (Phi) is 3.33.